The Morgan fingerprint density at radius 3 is 2.85 bits per heavy atom. The zero-order valence-electron chi connectivity index (χ0n) is 7.07. The summed E-state index contributed by atoms with van der Waals surface area (Å²) in [5, 5.41) is 17.4. The quantitative estimate of drug-likeness (QED) is 0.482. The van der Waals surface area contributed by atoms with Crippen LogP contribution in [0.2, 0.25) is 0 Å². The van der Waals surface area contributed by atoms with Crippen LogP contribution in [0, 0.1) is 5.95 Å². The van der Waals surface area contributed by atoms with Gasteiger partial charge in [-0.15, -0.1) is 0 Å². The highest BCUT2D eigenvalue weighted by Crippen LogP contribution is 2.06. The van der Waals surface area contributed by atoms with E-state index in [0.717, 1.165) is 0 Å². The normalized spacial score (nSPS) is 9.85. The molecule has 1 aromatic heterocycles. The van der Waals surface area contributed by atoms with Crippen LogP contribution in [0.1, 0.15) is 6.92 Å². The van der Waals surface area contributed by atoms with Crippen LogP contribution in [-0.2, 0) is 0 Å². The third-order valence-corrected chi connectivity index (χ3v) is 1.43. The highest BCUT2D eigenvalue weighted by molar-refractivity contribution is 6.58. The number of pyridine rings is 1. The van der Waals surface area contributed by atoms with Crippen LogP contribution < -0.4 is 10.2 Å². The summed E-state index contributed by atoms with van der Waals surface area (Å²) in [4.78, 5) is 3.31. The Morgan fingerprint density at radius 1 is 1.62 bits per heavy atom. The van der Waals surface area contributed by atoms with Crippen molar-refractivity contribution in [1.29, 1.82) is 0 Å². The summed E-state index contributed by atoms with van der Waals surface area (Å²) in [6.45, 7) is 2.17. The molecular weight excluding hydrogens is 176 g/mol. The van der Waals surface area contributed by atoms with Crippen molar-refractivity contribution in [3.63, 3.8) is 0 Å². The molecule has 0 saturated heterocycles. The van der Waals surface area contributed by atoms with Crippen LogP contribution in [0.3, 0.4) is 0 Å². The second-order valence-corrected chi connectivity index (χ2v) is 2.36. The maximum Gasteiger partial charge on any atom is 0.493 e. The number of ether oxygens (including phenoxy) is 1. The van der Waals surface area contributed by atoms with E-state index in [2.05, 4.69) is 4.98 Å². The number of rotatable bonds is 3. The third kappa shape index (κ3) is 2.40. The molecule has 13 heavy (non-hydrogen) atoms. The average Bonchev–Trinajstić information content (AvgIpc) is 2.08. The maximum atomic E-state index is 12.8. The lowest BCUT2D eigenvalue weighted by molar-refractivity contribution is 0.337. The van der Waals surface area contributed by atoms with Crippen molar-refractivity contribution in [2.45, 2.75) is 6.92 Å². The van der Waals surface area contributed by atoms with Crippen molar-refractivity contribution in [3.05, 3.63) is 18.2 Å². The zero-order valence-corrected chi connectivity index (χ0v) is 7.07. The molecule has 0 aliphatic heterocycles. The summed E-state index contributed by atoms with van der Waals surface area (Å²) in [6, 6.07) is 1.20. The lowest BCUT2D eigenvalue weighted by Crippen LogP contribution is -2.33. The summed E-state index contributed by atoms with van der Waals surface area (Å²) >= 11 is 0. The predicted molar refractivity (Wildman–Crippen MR) is 45.2 cm³/mol. The van der Waals surface area contributed by atoms with Gasteiger partial charge in [0.1, 0.15) is 5.75 Å². The fourth-order valence-electron chi connectivity index (χ4n) is 0.872. The van der Waals surface area contributed by atoms with Crippen LogP contribution in [0.15, 0.2) is 12.3 Å². The smallest absolute Gasteiger partial charge is 0.492 e. The van der Waals surface area contributed by atoms with Gasteiger partial charge < -0.3 is 14.8 Å². The summed E-state index contributed by atoms with van der Waals surface area (Å²) in [5.74, 6) is -0.592. The van der Waals surface area contributed by atoms with E-state index in [9.17, 15) is 4.39 Å². The minimum atomic E-state index is -1.87. The molecule has 0 fully saturated rings. The van der Waals surface area contributed by atoms with Gasteiger partial charge in [0, 0.05) is 5.46 Å². The second kappa shape index (κ2) is 4.20. The molecule has 0 unspecified atom stereocenters. The number of hydrogen-bond acceptors (Lipinski definition) is 4. The van der Waals surface area contributed by atoms with E-state index in [0.29, 0.717) is 12.4 Å². The summed E-state index contributed by atoms with van der Waals surface area (Å²) < 4.78 is 17.8. The van der Waals surface area contributed by atoms with E-state index in [1.54, 1.807) is 6.92 Å². The predicted octanol–water partition coefficient (Wildman–Crippen LogP) is -0.701. The van der Waals surface area contributed by atoms with Crippen LogP contribution in [0.25, 0.3) is 0 Å². The van der Waals surface area contributed by atoms with Crippen molar-refractivity contribution in [2.75, 3.05) is 6.61 Å². The first kappa shape index (κ1) is 9.95. The number of hydrogen-bond donors (Lipinski definition) is 2. The Balaban J connectivity index is 2.97. The molecule has 70 valence electrons. The molecule has 0 aliphatic rings. The molecule has 1 aromatic rings. The number of aromatic nitrogens is 1. The molecule has 0 spiro atoms. The SMILES string of the molecule is CCOc1cnc(F)c(B(O)O)c1. The lowest BCUT2D eigenvalue weighted by Gasteiger charge is -2.05. The lowest BCUT2D eigenvalue weighted by atomic mass is 9.81. The summed E-state index contributed by atoms with van der Waals surface area (Å²) in [6.07, 6.45) is 1.19. The average molecular weight is 185 g/mol. The Bertz CT molecular complexity index is 295. The minimum Gasteiger partial charge on any atom is -0.492 e. The fraction of sp³-hybridized carbons (Fsp3) is 0.286. The molecule has 0 aromatic carbocycles. The molecule has 0 aliphatic carbocycles. The molecule has 0 radical (unpaired) electrons. The molecule has 0 atom stereocenters. The van der Waals surface area contributed by atoms with Crippen LogP contribution in [0.4, 0.5) is 4.39 Å². The van der Waals surface area contributed by atoms with Gasteiger partial charge in [-0.25, -0.2) is 4.98 Å². The molecule has 0 bridgehead atoms. The summed E-state index contributed by atoms with van der Waals surface area (Å²) in [5.41, 5.74) is -0.286. The van der Waals surface area contributed by atoms with E-state index >= 15 is 0 Å². The summed E-state index contributed by atoms with van der Waals surface area (Å²) in [7, 11) is -1.87. The Hall–Kier alpha value is -1.14. The van der Waals surface area contributed by atoms with E-state index < -0.39 is 13.1 Å². The molecule has 4 nitrogen and oxygen atoms in total. The topological polar surface area (TPSA) is 62.6 Å². The molecule has 6 heteroatoms. The van der Waals surface area contributed by atoms with Gasteiger partial charge >= 0.3 is 7.12 Å². The van der Waals surface area contributed by atoms with Crippen LogP contribution in [0.5, 0.6) is 5.75 Å². The Labute approximate surface area is 75.1 Å². The number of halogens is 1. The van der Waals surface area contributed by atoms with Crippen LogP contribution in [-0.4, -0.2) is 28.8 Å². The van der Waals surface area contributed by atoms with Crippen molar-refractivity contribution in [3.8, 4) is 5.75 Å². The first-order chi connectivity index (χ1) is 6.15. The van der Waals surface area contributed by atoms with Gasteiger partial charge in [-0.2, -0.15) is 4.39 Å². The van der Waals surface area contributed by atoms with Gasteiger partial charge in [0.15, 0.2) is 0 Å². The third-order valence-electron chi connectivity index (χ3n) is 1.43. The van der Waals surface area contributed by atoms with Gasteiger partial charge in [0.05, 0.1) is 12.8 Å². The molecule has 1 rings (SSSR count). The molecule has 2 N–H and O–H groups in total. The van der Waals surface area contributed by atoms with Gasteiger partial charge in [0.25, 0.3) is 0 Å². The fourth-order valence-corrected chi connectivity index (χ4v) is 0.872. The van der Waals surface area contributed by atoms with Crippen molar-refractivity contribution < 1.29 is 19.2 Å². The zero-order chi connectivity index (χ0) is 9.84. The highest BCUT2D eigenvalue weighted by Gasteiger charge is 2.18. The van der Waals surface area contributed by atoms with E-state index in [1.807, 2.05) is 0 Å². The van der Waals surface area contributed by atoms with Gasteiger partial charge in [0.2, 0.25) is 5.95 Å². The Kier molecular flexibility index (Phi) is 3.22. The largest absolute Gasteiger partial charge is 0.493 e. The second-order valence-electron chi connectivity index (χ2n) is 2.36. The monoisotopic (exact) mass is 185 g/mol. The van der Waals surface area contributed by atoms with E-state index in [-0.39, 0.29) is 5.46 Å². The first-order valence-electron chi connectivity index (χ1n) is 3.79. The minimum absolute atomic E-state index is 0.286. The highest BCUT2D eigenvalue weighted by atomic mass is 19.1. The molecule has 1 heterocycles. The van der Waals surface area contributed by atoms with Crippen molar-refractivity contribution in [2.24, 2.45) is 0 Å². The molecule has 0 amide bonds. The van der Waals surface area contributed by atoms with Crippen molar-refractivity contribution in [1.82, 2.24) is 4.98 Å². The van der Waals surface area contributed by atoms with Crippen LogP contribution >= 0.6 is 0 Å². The molecular formula is C7H9BFNO3. The maximum absolute atomic E-state index is 12.8. The van der Waals surface area contributed by atoms with Gasteiger partial charge in [-0.05, 0) is 13.0 Å². The van der Waals surface area contributed by atoms with E-state index in [1.165, 1.54) is 12.3 Å². The van der Waals surface area contributed by atoms with Gasteiger partial charge in [-0.3, -0.25) is 0 Å². The van der Waals surface area contributed by atoms with E-state index in [4.69, 9.17) is 14.8 Å². The van der Waals surface area contributed by atoms with Crippen molar-refractivity contribution >= 4 is 12.6 Å². The molecule has 0 saturated carbocycles. The number of nitrogens with zero attached hydrogens (tertiary/aromatic N) is 1. The Morgan fingerprint density at radius 2 is 2.31 bits per heavy atom. The first-order valence-corrected chi connectivity index (χ1v) is 3.79. The standard InChI is InChI=1S/C7H9BFNO3/c1-2-13-5-3-6(8(11)12)7(9)10-4-5/h3-4,11-12H,2H2,1H3. The van der Waals surface area contributed by atoms with Gasteiger partial charge in [-0.1, -0.05) is 0 Å².